The number of methoxy groups -OCH3 is 1. The maximum absolute atomic E-state index is 5.07. The Labute approximate surface area is 99.0 Å². The first-order valence-corrected chi connectivity index (χ1v) is 6.07. The van der Waals surface area contributed by atoms with Crippen molar-refractivity contribution in [3.8, 4) is 0 Å². The zero-order valence-corrected chi connectivity index (χ0v) is 10.4. The predicted molar refractivity (Wildman–Crippen MR) is 68.7 cm³/mol. The highest BCUT2D eigenvalue weighted by Crippen LogP contribution is 2.08. The first-order chi connectivity index (χ1) is 7.86. The number of rotatable bonds is 8. The highest BCUT2D eigenvalue weighted by molar-refractivity contribution is 5.14. The molecular formula is C14H23NO. The van der Waals surface area contributed by atoms with E-state index in [1.54, 1.807) is 7.11 Å². The smallest absolute Gasteiger partial charge is 0.0462 e. The van der Waals surface area contributed by atoms with Crippen molar-refractivity contribution in [1.82, 2.24) is 5.32 Å². The summed E-state index contributed by atoms with van der Waals surface area (Å²) in [5.41, 5.74) is 1.43. The molecule has 0 saturated heterocycles. The van der Waals surface area contributed by atoms with Crippen LogP contribution in [-0.4, -0.2) is 26.8 Å². The third kappa shape index (κ3) is 5.29. The zero-order chi connectivity index (χ0) is 11.6. The van der Waals surface area contributed by atoms with Gasteiger partial charge in [0, 0.05) is 19.8 Å². The van der Waals surface area contributed by atoms with Crippen LogP contribution in [0.1, 0.15) is 24.8 Å². The molecule has 0 fully saturated rings. The Hall–Kier alpha value is -0.860. The number of aryl methyl sites for hydroxylation is 1. The van der Waals surface area contributed by atoms with Crippen LogP contribution in [-0.2, 0) is 11.2 Å². The van der Waals surface area contributed by atoms with Gasteiger partial charge in [0.1, 0.15) is 0 Å². The third-order valence-electron chi connectivity index (χ3n) is 2.93. The largest absolute Gasteiger partial charge is 0.385 e. The minimum absolute atomic E-state index is 0.607. The molecule has 0 amide bonds. The summed E-state index contributed by atoms with van der Waals surface area (Å²) in [6.45, 7) is 0.865. The second kappa shape index (κ2) is 8.31. The monoisotopic (exact) mass is 221 g/mol. The van der Waals surface area contributed by atoms with Gasteiger partial charge in [0.2, 0.25) is 0 Å². The molecule has 0 bridgehead atoms. The minimum atomic E-state index is 0.607. The van der Waals surface area contributed by atoms with E-state index in [1.807, 2.05) is 7.05 Å². The summed E-state index contributed by atoms with van der Waals surface area (Å²) in [6.07, 6.45) is 4.68. The van der Waals surface area contributed by atoms with Crippen LogP contribution >= 0.6 is 0 Å². The molecule has 0 aliphatic rings. The Morgan fingerprint density at radius 3 is 2.56 bits per heavy atom. The fourth-order valence-corrected chi connectivity index (χ4v) is 1.89. The fourth-order valence-electron chi connectivity index (χ4n) is 1.89. The third-order valence-corrected chi connectivity index (χ3v) is 2.93. The van der Waals surface area contributed by atoms with Crippen molar-refractivity contribution >= 4 is 0 Å². The van der Waals surface area contributed by atoms with E-state index in [9.17, 15) is 0 Å². The number of hydrogen-bond acceptors (Lipinski definition) is 2. The van der Waals surface area contributed by atoms with Crippen LogP contribution in [0.5, 0.6) is 0 Å². The lowest BCUT2D eigenvalue weighted by atomic mass is 10.0. The Kier molecular flexibility index (Phi) is 6.86. The molecule has 0 aliphatic carbocycles. The topological polar surface area (TPSA) is 21.3 Å². The molecular weight excluding hydrogens is 198 g/mol. The first-order valence-electron chi connectivity index (χ1n) is 6.07. The van der Waals surface area contributed by atoms with Crippen LogP contribution in [0.4, 0.5) is 0 Å². The van der Waals surface area contributed by atoms with Crippen molar-refractivity contribution in [2.75, 3.05) is 20.8 Å². The average molecular weight is 221 g/mol. The molecule has 0 aromatic heterocycles. The Morgan fingerprint density at radius 2 is 1.94 bits per heavy atom. The van der Waals surface area contributed by atoms with Gasteiger partial charge in [-0.2, -0.15) is 0 Å². The van der Waals surface area contributed by atoms with Gasteiger partial charge in [0.05, 0.1) is 0 Å². The van der Waals surface area contributed by atoms with Gasteiger partial charge in [-0.25, -0.2) is 0 Å². The summed E-state index contributed by atoms with van der Waals surface area (Å²) in [5, 5.41) is 3.38. The molecule has 1 atom stereocenters. The Balaban J connectivity index is 2.23. The van der Waals surface area contributed by atoms with Gasteiger partial charge in [-0.05, 0) is 38.3 Å². The maximum Gasteiger partial charge on any atom is 0.0462 e. The lowest BCUT2D eigenvalue weighted by Crippen LogP contribution is -2.26. The number of ether oxygens (including phenoxy) is 1. The SMILES string of the molecule is CNC(CCCOC)CCc1ccccc1. The second-order valence-electron chi connectivity index (χ2n) is 4.14. The van der Waals surface area contributed by atoms with Gasteiger partial charge >= 0.3 is 0 Å². The van der Waals surface area contributed by atoms with Crippen molar-refractivity contribution in [1.29, 1.82) is 0 Å². The van der Waals surface area contributed by atoms with Gasteiger partial charge in [-0.15, -0.1) is 0 Å². The fraction of sp³-hybridized carbons (Fsp3) is 0.571. The average Bonchev–Trinajstić information content (AvgIpc) is 2.35. The van der Waals surface area contributed by atoms with Crippen LogP contribution in [0.3, 0.4) is 0 Å². The minimum Gasteiger partial charge on any atom is -0.385 e. The molecule has 2 heteroatoms. The van der Waals surface area contributed by atoms with Gasteiger partial charge in [0.15, 0.2) is 0 Å². The van der Waals surface area contributed by atoms with E-state index >= 15 is 0 Å². The van der Waals surface area contributed by atoms with Crippen molar-refractivity contribution in [3.63, 3.8) is 0 Å². The van der Waals surface area contributed by atoms with Crippen LogP contribution in [0.25, 0.3) is 0 Å². The van der Waals surface area contributed by atoms with Crippen LogP contribution in [0.2, 0.25) is 0 Å². The van der Waals surface area contributed by atoms with Crippen molar-refractivity contribution in [3.05, 3.63) is 35.9 Å². The van der Waals surface area contributed by atoms with E-state index in [2.05, 4.69) is 35.6 Å². The molecule has 90 valence electrons. The van der Waals surface area contributed by atoms with E-state index in [1.165, 1.54) is 18.4 Å². The standard InChI is InChI=1S/C14H23NO/c1-15-14(9-6-12-16-2)11-10-13-7-4-3-5-8-13/h3-5,7-8,14-15H,6,9-12H2,1-2H3. The lowest BCUT2D eigenvalue weighted by molar-refractivity contribution is 0.188. The summed E-state index contributed by atoms with van der Waals surface area (Å²) in [5.74, 6) is 0. The highest BCUT2D eigenvalue weighted by atomic mass is 16.5. The summed E-state index contributed by atoms with van der Waals surface area (Å²) in [7, 11) is 3.81. The van der Waals surface area contributed by atoms with Crippen LogP contribution in [0.15, 0.2) is 30.3 Å². The van der Waals surface area contributed by atoms with E-state index < -0.39 is 0 Å². The normalized spacial score (nSPS) is 12.6. The maximum atomic E-state index is 5.07. The molecule has 1 N–H and O–H groups in total. The van der Waals surface area contributed by atoms with E-state index in [-0.39, 0.29) is 0 Å². The summed E-state index contributed by atoms with van der Waals surface area (Å²) >= 11 is 0. The molecule has 16 heavy (non-hydrogen) atoms. The van der Waals surface area contributed by atoms with Gasteiger partial charge < -0.3 is 10.1 Å². The summed E-state index contributed by atoms with van der Waals surface area (Å²) in [6, 6.07) is 11.3. The van der Waals surface area contributed by atoms with E-state index in [0.29, 0.717) is 6.04 Å². The van der Waals surface area contributed by atoms with Gasteiger partial charge in [-0.1, -0.05) is 30.3 Å². The van der Waals surface area contributed by atoms with Crippen molar-refractivity contribution in [2.45, 2.75) is 31.7 Å². The molecule has 0 saturated carbocycles. The van der Waals surface area contributed by atoms with Crippen molar-refractivity contribution < 1.29 is 4.74 Å². The Morgan fingerprint density at radius 1 is 1.19 bits per heavy atom. The molecule has 0 aliphatic heterocycles. The van der Waals surface area contributed by atoms with E-state index in [0.717, 1.165) is 19.4 Å². The molecule has 0 heterocycles. The molecule has 1 aromatic carbocycles. The highest BCUT2D eigenvalue weighted by Gasteiger charge is 2.05. The zero-order valence-electron chi connectivity index (χ0n) is 10.4. The summed E-state index contributed by atoms with van der Waals surface area (Å²) < 4.78 is 5.07. The van der Waals surface area contributed by atoms with Crippen LogP contribution < -0.4 is 5.32 Å². The second-order valence-corrected chi connectivity index (χ2v) is 4.14. The molecule has 2 nitrogen and oxygen atoms in total. The molecule has 1 unspecified atom stereocenters. The molecule has 1 rings (SSSR count). The number of nitrogens with one attached hydrogen (secondary N) is 1. The quantitative estimate of drug-likeness (QED) is 0.681. The van der Waals surface area contributed by atoms with Crippen LogP contribution in [0, 0.1) is 0 Å². The van der Waals surface area contributed by atoms with E-state index in [4.69, 9.17) is 4.74 Å². The molecule has 1 aromatic rings. The van der Waals surface area contributed by atoms with Gasteiger partial charge in [-0.3, -0.25) is 0 Å². The first kappa shape index (κ1) is 13.2. The molecule has 0 radical (unpaired) electrons. The lowest BCUT2D eigenvalue weighted by Gasteiger charge is -2.15. The Bertz CT molecular complexity index is 261. The van der Waals surface area contributed by atoms with Gasteiger partial charge in [0.25, 0.3) is 0 Å². The molecule has 0 spiro atoms. The number of benzene rings is 1. The predicted octanol–water partition coefficient (Wildman–Crippen LogP) is 2.63. The van der Waals surface area contributed by atoms with Crippen molar-refractivity contribution in [2.24, 2.45) is 0 Å². The summed E-state index contributed by atoms with van der Waals surface area (Å²) in [4.78, 5) is 0. The number of hydrogen-bond donors (Lipinski definition) is 1.